The van der Waals surface area contributed by atoms with Crippen LogP contribution in [0.1, 0.15) is 69.8 Å². The first kappa shape index (κ1) is 30.8. The van der Waals surface area contributed by atoms with Crippen LogP contribution < -0.4 is 20.7 Å². The lowest BCUT2D eigenvalue weighted by Crippen LogP contribution is -2.57. The number of hydrogen-bond acceptors (Lipinski definition) is 7. The summed E-state index contributed by atoms with van der Waals surface area (Å²) in [6.45, 7) is 5.55. The maximum Gasteiger partial charge on any atom is 0.243 e. The van der Waals surface area contributed by atoms with Gasteiger partial charge in [-0.2, -0.15) is 0 Å². The number of carbonyl (C=O) groups is 3. The van der Waals surface area contributed by atoms with Crippen LogP contribution in [0.15, 0.2) is 24.3 Å². The summed E-state index contributed by atoms with van der Waals surface area (Å²) >= 11 is 0. The number of carbonyl (C=O) groups excluding carboxylic acids is 3. The molecule has 5 rings (SSSR count). The predicted molar refractivity (Wildman–Crippen MR) is 160 cm³/mol. The van der Waals surface area contributed by atoms with E-state index in [0.29, 0.717) is 64.8 Å². The van der Waals surface area contributed by atoms with Gasteiger partial charge in [-0.25, -0.2) is 0 Å². The van der Waals surface area contributed by atoms with Crippen LogP contribution in [0.2, 0.25) is 0 Å². The molecule has 3 aliphatic heterocycles. The summed E-state index contributed by atoms with van der Waals surface area (Å²) in [5.74, 6) is 0.352. The molecule has 0 spiro atoms. The molecule has 0 aromatic heterocycles. The monoisotopic (exact) mass is 583 g/mol. The van der Waals surface area contributed by atoms with Crippen molar-refractivity contribution in [2.45, 2.75) is 94.8 Å². The third kappa shape index (κ3) is 8.91. The van der Waals surface area contributed by atoms with E-state index in [-0.39, 0.29) is 23.8 Å². The number of amides is 3. The Balaban J connectivity index is 1.36. The summed E-state index contributed by atoms with van der Waals surface area (Å²) in [7, 11) is 0. The fraction of sp³-hybridized carbons (Fsp3) is 0.719. The van der Waals surface area contributed by atoms with Gasteiger partial charge in [-0.3, -0.25) is 19.3 Å². The average molecular weight is 584 g/mol. The molecule has 3 fully saturated rings. The lowest BCUT2D eigenvalue weighted by molar-refractivity contribution is -0.139. The first-order chi connectivity index (χ1) is 20.5. The number of nitrogens with one attached hydrogen (secondary N) is 3. The van der Waals surface area contributed by atoms with E-state index in [0.717, 1.165) is 50.1 Å². The quantitative estimate of drug-likeness (QED) is 0.450. The van der Waals surface area contributed by atoms with Gasteiger partial charge in [-0.15, -0.1) is 0 Å². The Kier molecular flexibility index (Phi) is 11.5. The van der Waals surface area contributed by atoms with Crippen LogP contribution in [0.5, 0.6) is 5.75 Å². The second kappa shape index (κ2) is 15.7. The van der Waals surface area contributed by atoms with Gasteiger partial charge < -0.3 is 30.3 Å². The molecule has 2 bridgehead atoms. The summed E-state index contributed by atoms with van der Waals surface area (Å²) in [5, 5.41) is 10.1. The van der Waals surface area contributed by atoms with Gasteiger partial charge in [0.1, 0.15) is 17.8 Å². The van der Waals surface area contributed by atoms with Gasteiger partial charge in [-0.05, 0) is 62.6 Å². The highest BCUT2D eigenvalue weighted by atomic mass is 16.5. The highest BCUT2D eigenvalue weighted by molar-refractivity contribution is 5.92. The van der Waals surface area contributed by atoms with Crippen molar-refractivity contribution in [3.63, 3.8) is 0 Å². The molecule has 42 heavy (non-hydrogen) atoms. The van der Waals surface area contributed by atoms with Crippen molar-refractivity contribution in [3.8, 4) is 5.75 Å². The minimum absolute atomic E-state index is 0.00988. The van der Waals surface area contributed by atoms with E-state index < -0.39 is 12.1 Å². The van der Waals surface area contributed by atoms with Crippen LogP contribution in [0.3, 0.4) is 0 Å². The Morgan fingerprint density at radius 1 is 0.881 bits per heavy atom. The molecule has 3 heterocycles. The van der Waals surface area contributed by atoms with Crippen molar-refractivity contribution in [1.29, 1.82) is 0 Å². The Morgan fingerprint density at radius 2 is 1.69 bits per heavy atom. The normalized spacial score (nSPS) is 27.5. The maximum absolute atomic E-state index is 14.0. The first-order valence-electron chi connectivity index (χ1n) is 16.2. The van der Waals surface area contributed by atoms with Crippen molar-refractivity contribution < 1.29 is 23.9 Å². The van der Waals surface area contributed by atoms with Gasteiger partial charge in [0.15, 0.2) is 0 Å². The van der Waals surface area contributed by atoms with Crippen LogP contribution in [-0.2, 0) is 25.5 Å². The number of fused-ring (bicyclic) bond motifs is 2. The molecule has 3 atom stereocenters. The molecule has 1 aromatic carbocycles. The number of nitrogens with zero attached hydrogens (tertiary/aromatic N) is 2. The molecule has 1 saturated carbocycles. The number of hydrogen-bond donors (Lipinski definition) is 3. The van der Waals surface area contributed by atoms with Gasteiger partial charge >= 0.3 is 0 Å². The van der Waals surface area contributed by atoms with Crippen molar-refractivity contribution in [2.75, 3.05) is 52.5 Å². The van der Waals surface area contributed by atoms with E-state index in [1.165, 1.54) is 25.7 Å². The second-order valence-corrected chi connectivity index (χ2v) is 12.3. The molecular formula is C32H49N5O5. The molecule has 10 nitrogen and oxygen atoms in total. The standard InChI is InChI=1S/C32H49N5O5/c38-30-12-6-14-37(30)29-22-24-7-5-11-27(21-24)42-18-4-3-10-26(23-33-25-8-1-2-9-25)34-31(39)28(35-32(29)40)13-15-36-16-19-41-20-17-36/h5,7,11,21,25-26,28-29,33H,1-4,6,8-10,12-20,22-23H2,(H,34,39)(H,35,40)/t26-,28-,29-/m0/s1. The molecule has 0 unspecified atom stereocenters. The van der Waals surface area contributed by atoms with Crippen molar-refractivity contribution in [2.24, 2.45) is 0 Å². The van der Waals surface area contributed by atoms with Gasteiger partial charge in [-0.1, -0.05) is 25.0 Å². The summed E-state index contributed by atoms with van der Waals surface area (Å²) in [6, 6.07) is 6.95. The molecule has 232 valence electrons. The van der Waals surface area contributed by atoms with Crippen LogP contribution in [0.25, 0.3) is 0 Å². The molecule has 1 aliphatic carbocycles. The number of likely N-dealkylation sites (tertiary alicyclic amines) is 1. The zero-order valence-corrected chi connectivity index (χ0v) is 25.0. The number of rotatable bonds is 7. The third-order valence-corrected chi connectivity index (χ3v) is 9.16. The van der Waals surface area contributed by atoms with Crippen molar-refractivity contribution in [3.05, 3.63) is 29.8 Å². The third-order valence-electron chi connectivity index (χ3n) is 9.16. The number of ether oxygens (including phenoxy) is 2. The highest BCUT2D eigenvalue weighted by Gasteiger charge is 2.35. The fourth-order valence-corrected chi connectivity index (χ4v) is 6.65. The Morgan fingerprint density at radius 3 is 2.48 bits per heavy atom. The number of morpholine rings is 1. The minimum atomic E-state index is -0.683. The Bertz CT molecular complexity index is 1040. The van der Waals surface area contributed by atoms with E-state index in [9.17, 15) is 14.4 Å². The van der Waals surface area contributed by atoms with Crippen LogP contribution in [0, 0.1) is 0 Å². The summed E-state index contributed by atoms with van der Waals surface area (Å²) in [6.07, 6.45) is 9.60. The first-order valence-corrected chi connectivity index (χ1v) is 16.2. The van der Waals surface area contributed by atoms with Gasteiger partial charge in [0.25, 0.3) is 0 Å². The van der Waals surface area contributed by atoms with E-state index in [2.05, 4.69) is 20.9 Å². The molecule has 1 aromatic rings. The lowest BCUT2D eigenvalue weighted by Gasteiger charge is -2.32. The summed E-state index contributed by atoms with van der Waals surface area (Å²) in [4.78, 5) is 44.6. The van der Waals surface area contributed by atoms with Crippen molar-refractivity contribution in [1.82, 2.24) is 25.8 Å². The summed E-state index contributed by atoms with van der Waals surface area (Å²) < 4.78 is 11.6. The Labute approximate surface area is 250 Å². The van der Waals surface area contributed by atoms with Gasteiger partial charge in [0.2, 0.25) is 17.7 Å². The largest absolute Gasteiger partial charge is 0.494 e. The van der Waals surface area contributed by atoms with E-state index in [1.54, 1.807) is 4.90 Å². The number of benzene rings is 1. The Hall–Kier alpha value is -2.69. The molecule has 0 radical (unpaired) electrons. The highest BCUT2D eigenvalue weighted by Crippen LogP contribution is 2.22. The van der Waals surface area contributed by atoms with Gasteiger partial charge in [0, 0.05) is 57.6 Å². The van der Waals surface area contributed by atoms with Gasteiger partial charge in [0.05, 0.1) is 19.8 Å². The molecular weight excluding hydrogens is 534 g/mol. The van der Waals surface area contributed by atoms with Crippen LogP contribution >= 0.6 is 0 Å². The topological polar surface area (TPSA) is 112 Å². The van der Waals surface area contributed by atoms with Crippen LogP contribution in [0.4, 0.5) is 0 Å². The molecule has 4 aliphatic rings. The van der Waals surface area contributed by atoms with E-state index in [4.69, 9.17) is 9.47 Å². The zero-order chi connectivity index (χ0) is 29.1. The lowest BCUT2D eigenvalue weighted by atomic mass is 10.0. The second-order valence-electron chi connectivity index (χ2n) is 12.3. The molecule has 3 amide bonds. The van der Waals surface area contributed by atoms with E-state index in [1.807, 2.05) is 24.3 Å². The smallest absolute Gasteiger partial charge is 0.243 e. The maximum atomic E-state index is 14.0. The van der Waals surface area contributed by atoms with E-state index >= 15 is 0 Å². The molecule has 10 heteroatoms. The average Bonchev–Trinajstić information content (AvgIpc) is 3.68. The SMILES string of the molecule is O=C1N[C@H](CNC2CCCC2)CCCCOc2cccc(c2)C[C@H](N2CCCC2=O)C(=O)N[C@H]1CCN1CCOCC1. The summed E-state index contributed by atoms with van der Waals surface area (Å²) in [5.41, 5.74) is 0.937. The molecule has 3 N–H and O–H groups in total. The fourth-order valence-electron chi connectivity index (χ4n) is 6.65. The van der Waals surface area contributed by atoms with Crippen molar-refractivity contribution >= 4 is 17.7 Å². The van der Waals surface area contributed by atoms with Crippen LogP contribution in [-0.4, -0.2) is 104 Å². The predicted octanol–water partition coefficient (Wildman–Crippen LogP) is 2.01. The zero-order valence-electron chi connectivity index (χ0n) is 25.0. The minimum Gasteiger partial charge on any atom is -0.494 e. The molecule has 2 saturated heterocycles.